The second kappa shape index (κ2) is 8.15. The molecule has 0 aliphatic carbocycles. The van der Waals surface area contributed by atoms with Crippen molar-refractivity contribution in [3.8, 4) is 0 Å². The maximum atomic E-state index is 12.3. The van der Waals surface area contributed by atoms with Gasteiger partial charge in [-0.3, -0.25) is 0 Å². The van der Waals surface area contributed by atoms with Crippen LogP contribution < -0.4 is 5.32 Å². The molecular formula is C17H26N2O3. The maximum Gasteiger partial charge on any atom is 0.317 e. The molecule has 1 N–H and O–H groups in total. The predicted molar refractivity (Wildman–Crippen MR) is 86.2 cm³/mol. The van der Waals surface area contributed by atoms with Crippen LogP contribution in [0, 0.1) is 6.92 Å². The Bertz CT molecular complexity index is 473. The molecule has 22 heavy (non-hydrogen) atoms. The van der Waals surface area contributed by atoms with Crippen molar-refractivity contribution in [1.82, 2.24) is 10.2 Å². The van der Waals surface area contributed by atoms with Gasteiger partial charge in [-0.1, -0.05) is 36.8 Å². The Morgan fingerprint density at radius 2 is 2.18 bits per heavy atom. The lowest BCUT2D eigenvalue weighted by atomic mass is 10.0. The third kappa shape index (κ3) is 4.71. The van der Waals surface area contributed by atoms with Crippen molar-refractivity contribution >= 4 is 6.03 Å². The van der Waals surface area contributed by atoms with E-state index in [4.69, 9.17) is 9.47 Å². The molecule has 2 rings (SSSR count). The quantitative estimate of drug-likeness (QED) is 0.907. The van der Waals surface area contributed by atoms with E-state index in [-0.39, 0.29) is 12.1 Å². The van der Waals surface area contributed by atoms with E-state index in [0.717, 1.165) is 0 Å². The molecule has 1 aromatic carbocycles. The summed E-state index contributed by atoms with van der Waals surface area (Å²) in [4.78, 5) is 14.1. The number of hydrogen-bond acceptors (Lipinski definition) is 3. The summed E-state index contributed by atoms with van der Waals surface area (Å²) in [5.74, 6) is 0.292. The van der Waals surface area contributed by atoms with E-state index in [0.29, 0.717) is 38.8 Å². The lowest BCUT2D eigenvalue weighted by Gasteiger charge is -2.32. The van der Waals surface area contributed by atoms with Gasteiger partial charge in [0.2, 0.25) is 0 Å². The predicted octanol–water partition coefficient (Wildman–Crippen LogP) is 2.16. The topological polar surface area (TPSA) is 50.8 Å². The third-order valence-corrected chi connectivity index (χ3v) is 3.98. The van der Waals surface area contributed by atoms with Gasteiger partial charge in [-0.2, -0.15) is 0 Å². The summed E-state index contributed by atoms with van der Waals surface area (Å²) in [6, 6.07) is 8.42. The first kappa shape index (κ1) is 16.8. The molecule has 1 aliphatic rings. The summed E-state index contributed by atoms with van der Waals surface area (Å²) in [6.07, 6.45) is -0.0287. The molecule has 0 spiro atoms. The van der Waals surface area contributed by atoms with Crippen molar-refractivity contribution in [3.63, 3.8) is 0 Å². The van der Waals surface area contributed by atoms with Gasteiger partial charge < -0.3 is 19.7 Å². The number of ether oxygens (including phenoxy) is 2. The van der Waals surface area contributed by atoms with Gasteiger partial charge in [0.1, 0.15) is 0 Å². The number of benzene rings is 1. The molecule has 0 radical (unpaired) electrons. The second-order valence-corrected chi connectivity index (χ2v) is 5.89. The molecule has 5 nitrogen and oxygen atoms in total. The van der Waals surface area contributed by atoms with Crippen LogP contribution in [0.15, 0.2) is 24.3 Å². The average Bonchev–Trinajstić information content (AvgIpc) is 2.53. The van der Waals surface area contributed by atoms with E-state index in [2.05, 4.69) is 43.4 Å². The number of amides is 2. The lowest BCUT2D eigenvalue weighted by Crippen LogP contribution is -2.51. The highest BCUT2D eigenvalue weighted by molar-refractivity contribution is 5.74. The van der Waals surface area contributed by atoms with Crippen LogP contribution in [-0.2, 0) is 9.47 Å². The first-order valence-electron chi connectivity index (χ1n) is 7.80. The Kier molecular flexibility index (Phi) is 6.21. The lowest BCUT2D eigenvalue weighted by molar-refractivity contribution is -0.0494. The highest BCUT2D eigenvalue weighted by atomic mass is 16.5. The van der Waals surface area contributed by atoms with Crippen LogP contribution in [0.4, 0.5) is 4.79 Å². The Morgan fingerprint density at radius 3 is 2.86 bits per heavy atom. The number of carbonyl (C=O) groups excluding carboxylic acids is 1. The number of nitrogens with one attached hydrogen (secondary N) is 1. The molecule has 1 heterocycles. The molecule has 0 unspecified atom stereocenters. The molecule has 0 bridgehead atoms. The molecule has 1 fully saturated rings. The van der Waals surface area contributed by atoms with Gasteiger partial charge in [-0.15, -0.1) is 0 Å². The van der Waals surface area contributed by atoms with Crippen molar-refractivity contribution in [2.24, 2.45) is 0 Å². The number of carbonyl (C=O) groups is 1. The van der Waals surface area contributed by atoms with Crippen molar-refractivity contribution in [2.45, 2.75) is 25.9 Å². The average molecular weight is 306 g/mol. The fourth-order valence-electron chi connectivity index (χ4n) is 2.56. The molecule has 1 saturated heterocycles. The Balaban J connectivity index is 1.80. The zero-order valence-corrected chi connectivity index (χ0v) is 13.7. The number of nitrogens with zero attached hydrogens (tertiary/aromatic N) is 1. The summed E-state index contributed by atoms with van der Waals surface area (Å²) in [5, 5.41) is 3.02. The standard InChI is InChI=1S/C17H26N2O3/c1-13-4-6-15(7-5-13)14(2)10-18-17(20)19-8-9-22-16(11-19)12-21-3/h4-7,14,16H,8-12H2,1-3H3,(H,18,20)/t14-,16+/m1/s1. The number of aryl methyl sites for hydroxylation is 1. The smallest absolute Gasteiger partial charge is 0.317 e. The van der Waals surface area contributed by atoms with Gasteiger partial charge in [0.25, 0.3) is 0 Å². The number of rotatable bonds is 5. The summed E-state index contributed by atoms with van der Waals surface area (Å²) >= 11 is 0. The van der Waals surface area contributed by atoms with Gasteiger partial charge in [0, 0.05) is 20.2 Å². The fourth-order valence-corrected chi connectivity index (χ4v) is 2.56. The zero-order chi connectivity index (χ0) is 15.9. The molecule has 1 aliphatic heterocycles. The van der Waals surface area contributed by atoms with Crippen LogP contribution in [0.3, 0.4) is 0 Å². The SMILES string of the molecule is COC[C@@H]1CN(C(=O)NC[C@@H](C)c2ccc(C)cc2)CCO1. The van der Waals surface area contributed by atoms with E-state index < -0.39 is 0 Å². The highest BCUT2D eigenvalue weighted by Crippen LogP contribution is 2.15. The Morgan fingerprint density at radius 1 is 1.45 bits per heavy atom. The third-order valence-electron chi connectivity index (χ3n) is 3.98. The van der Waals surface area contributed by atoms with E-state index in [1.807, 2.05) is 0 Å². The molecule has 5 heteroatoms. The summed E-state index contributed by atoms with van der Waals surface area (Å²) in [7, 11) is 1.64. The number of urea groups is 1. The second-order valence-electron chi connectivity index (χ2n) is 5.89. The first-order valence-corrected chi connectivity index (χ1v) is 7.80. The zero-order valence-electron chi connectivity index (χ0n) is 13.7. The highest BCUT2D eigenvalue weighted by Gasteiger charge is 2.24. The molecule has 0 saturated carbocycles. The van der Waals surface area contributed by atoms with Crippen molar-refractivity contribution in [1.29, 1.82) is 0 Å². The van der Waals surface area contributed by atoms with Gasteiger partial charge in [0.15, 0.2) is 0 Å². The number of hydrogen-bond donors (Lipinski definition) is 1. The molecule has 0 aromatic heterocycles. The number of methoxy groups -OCH3 is 1. The largest absolute Gasteiger partial charge is 0.382 e. The molecular weight excluding hydrogens is 280 g/mol. The fraction of sp³-hybridized carbons (Fsp3) is 0.588. The number of morpholine rings is 1. The maximum absolute atomic E-state index is 12.3. The minimum Gasteiger partial charge on any atom is -0.382 e. The first-order chi connectivity index (χ1) is 10.6. The van der Waals surface area contributed by atoms with E-state index in [1.165, 1.54) is 11.1 Å². The minimum absolute atomic E-state index is 0.0247. The van der Waals surface area contributed by atoms with Gasteiger partial charge >= 0.3 is 6.03 Å². The summed E-state index contributed by atoms with van der Waals surface area (Å²) < 4.78 is 10.6. The van der Waals surface area contributed by atoms with Crippen LogP contribution in [0.25, 0.3) is 0 Å². The monoisotopic (exact) mass is 306 g/mol. The van der Waals surface area contributed by atoms with Crippen LogP contribution in [0.2, 0.25) is 0 Å². The summed E-state index contributed by atoms with van der Waals surface area (Å²) in [5.41, 5.74) is 2.49. The molecule has 2 amide bonds. The van der Waals surface area contributed by atoms with Crippen molar-refractivity contribution in [2.75, 3.05) is 40.0 Å². The molecule has 122 valence electrons. The van der Waals surface area contributed by atoms with Gasteiger partial charge in [-0.25, -0.2) is 4.79 Å². The van der Waals surface area contributed by atoms with Crippen molar-refractivity contribution in [3.05, 3.63) is 35.4 Å². The van der Waals surface area contributed by atoms with E-state index >= 15 is 0 Å². The summed E-state index contributed by atoms with van der Waals surface area (Å²) in [6.45, 7) is 7.12. The Labute approximate surface area is 132 Å². The Hall–Kier alpha value is -1.59. The van der Waals surface area contributed by atoms with Gasteiger partial charge in [0.05, 0.1) is 25.9 Å². The molecule has 2 atom stereocenters. The van der Waals surface area contributed by atoms with Crippen molar-refractivity contribution < 1.29 is 14.3 Å². The van der Waals surface area contributed by atoms with Crippen LogP contribution >= 0.6 is 0 Å². The minimum atomic E-state index is -0.0287. The van der Waals surface area contributed by atoms with Crippen LogP contribution in [-0.4, -0.2) is 57.0 Å². The van der Waals surface area contributed by atoms with Gasteiger partial charge in [-0.05, 0) is 18.4 Å². The van der Waals surface area contributed by atoms with Crippen LogP contribution in [0.5, 0.6) is 0 Å². The van der Waals surface area contributed by atoms with E-state index in [1.54, 1.807) is 12.0 Å². The molecule has 1 aromatic rings. The normalized spacial score (nSPS) is 19.8. The van der Waals surface area contributed by atoms with Crippen LogP contribution in [0.1, 0.15) is 24.0 Å². The van der Waals surface area contributed by atoms with E-state index in [9.17, 15) is 4.79 Å².